The minimum atomic E-state index is -4.94. The van der Waals surface area contributed by atoms with E-state index in [9.17, 15) is 13.9 Å². The van der Waals surface area contributed by atoms with Gasteiger partial charge in [0.2, 0.25) is 5.91 Å². The maximum Gasteiger partial charge on any atom is 0.341 e. The molecule has 0 heterocycles. The van der Waals surface area contributed by atoms with Gasteiger partial charge in [-0.25, -0.2) is 0 Å². The van der Waals surface area contributed by atoms with Gasteiger partial charge in [0.25, 0.3) is 0 Å². The van der Waals surface area contributed by atoms with Crippen LogP contribution in [0.3, 0.4) is 0 Å². The molecule has 8 nitrogen and oxygen atoms in total. The number of rotatable bonds is 6. The molecule has 0 saturated heterocycles. The molecule has 0 saturated carbocycles. The highest BCUT2D eigenvalue weighted by atomic mass is 79.9. The first kappa shape index (κ1) is 18.5. The molecule has 0 unspecified atom stereocenters. The van der Waals surface area contributed by atoms with E-state index >= 15 is 0 Å². The van der Waals surface area contributed by atoms with Crippen LogP contribution in [-0.2, 0) is 20.3 Å². The predicted molar refractivity (Wildman–Crippen MR) is 80.4 cm³/mol. The first-order valence-corrected chi connectivity index (χ1v) is 10.1. The molecule has 0 fully saturated rings. The Morgan fingerprint density at radius 3 is 1.95 bits per heavy atom. The van der Waals surface area contributed by atoms with Crippen molar-refractivity contribution in [3.8, 4) is 0 Å². The number of alkyl halides is 1. The third-order valence-electron chi connectivity index (χ3n) is 2.55. The number of hydrogen-bond acceptors (Lipinski definition) is 3. The highest BCUT2D eigenvalue weighted by Gasteiger charge is 2.43. The predicted octanol–water partition coefficient (Wildman–Crippen LogP) is 1.24. The summed E-state index contributed by atoms with van der Waals surface area (Å²) < 4.78 is 22.3. The van der Waals surface area contributed by atoms with Crippen LogP contribution >= 0.6 is 31.1 Å². The highest BCUT2D eigenvalue weighted by Crippen LogP contribution is 2.60. The molecule has 1 aromatic carbocycles. The molecule has 11 heteroatoms. The van der Waals surface area contributed by atoms with Gasteiger partial charge in [-0.3, -0.25) is 13.9 Å². The van der Waals surface area contributed by atoms with Gasteiger partial charge >= 0.3 is 15.2 Å². The van der Waals surface area contributed by atoms with Gasteiger partial charge in [-0.1, -0.05) is 28.1 Å². The molecular formula is C10H14BrNO7P2. The Balaban J connectivity index is 2.89. The first-order valence-electron chi connectivity index (χ1n) is 5.59. The number of amides is 1. The summed E-state index contributed by atoms with van der Waals surface area (Å²) in [6, 6.07) is 5.82. The van der Waals surface area contributed by atoms with Crippen molar-refractivity contribution >= 4 is 42.7 Å². The zero-order chi connectivity index (χ0) is 16.3. The minimum absolute atomic E-state index is 0.118. The van der Waals surface area contributed by atoms with E-state index < -0.39 is 27.0 Å². The molecule has 0 aromatic heterocycles. The van der Waals surface area contributed by atoms with Gasteiger partial charge in [-0.2, -0.15) is 0 Å². The van der Waals surface area contributed by atoms with Gasteiger partial charge < -0.3 is 24.9 Å². The molecule has 0 aliphatic carbocycles. The molecule has 1 aromatic rings. The number of carbonyl (C=O) groups excluding carboxylic acids is 1. The molecule has 118 valence electrons. The van der Waals surface area contributed by atoms with E-state index in [0.717, 1.165) is 0 Å². The standard InChI is InChI=1S/C10H14BrNO7P2/c11-6-9(13)12-8-3-1-7(2-4-8)5-10(20(14,15)16)21(17,18)19/h1-4,10H,5-6H2,(H,12,13)(H2,14,15,16)(H2,17,18,19). The molecule has 0 aliphatic rings. The van der Waals surface area contributed by atoms with Crippen molar-refractivity contribution in [2.45, 2.75) is 11.8 Å². The topological polar surface area (TPSA) is 144 Å². The summed E-state index contributed by atoms with van der Waals surface area (Å²) in [5.74, 6) is -0.272. The Bertz CT molecular complexity index is 572. The van der Waals surface area contributed by atoms with Crippen molar-refractivity contribution in [1.82, 2.24) is 0 Å². The van der Waals surface area contributed by atoms with Crippen molar-refractivity contribution < 1.29 is 33.5 Å². The Morgan fingerprint density at radius 2 is 1.57 bits per heavy atom. The lowest BCUT2D eigenvalue weighted by Crippen LogP contribution is -2.13. The van der Waals surface area contributed by atoms with E-state index in [-0.39, 0.29) is 11.2 Å². The highest BCUT2D eigenvalue weighted by molar-refractivity contribution is 9.09. The normalized spacial score (nSPS) is 12.5. The van der Waals surface area contributed by atoms with Crippen LogP contribution in [0.1, 0.15) is 5.56 Å². The quantitative estimate of drug-likeness (QED) is 0.356. The molecule has 0 aliphatic heterocycles. The second kappa shape index (κ2) is 7.15. The van der Waals surface area contributed by atoms with Crippen LogP contribution < -0.4 is 5.32 Å². The molecular weight excluding hydrogens is 388 g/mol. The number of nitrogens with one attached hydrogen (secondary N) is 1. The van der Waals surface area contributed by atoms with Crippen molar-refractivity contribution in [2.24, 2.45) is 0 Å². The molecule has 21 heavy (non-hydrogen) atoms. The Morgan fingerprint density at radius 1 is 1.10 bits per heavy atom. The third-order valence-corrected chi connectivity index (χ3v) is 6.79. The summed E-state index contributed by atoms with van der Waals surface area (Å²) in [6.07, 6.45) is -0.471. The van der Waals surface area contributed by atoms with Crippen LogP contribution in [0.2, 0.25) is 0 Å². The Labute approximate surface area is 129 Å². The molecule has 0 spiro atoms. The van der Waals surface area contributed by atoms with E-state index in [1.165, 1.54) is 24.3 Å². The molecule has 0 radical (unpaired) electrons. The van der Waals surface area contributed by atoms with Crippen molar-refractivity contribution in [3.05, 3.63) is 29.8 Å². The van der Waals surface area contributed by atoms with E-state index in [1.54, 1.807) is 0 Å². The van der Waals surface area contributed by atoms with E-state index in [0.29, 0.717) is 11.3 Å². The van der Waals surface area contributed by atoms with Crippen LogP contribution in [0.4, 0.5) is 5.69 Å². The zero-order valence-electron chi connectivity index (χ0n) is 10.6. The SMILES string of the molecule is O=C(CBr)Nc1ccc(CC(P(=O)(O)O)P(=O)(O)O)cc1. The maximum absolute atomic E-state index is 11.2. The zero-order valence-corrected chi connectivity index (χ0v) is 14.0. The third kappa shape index (κ3) is 6.00. The summed E-state index contributed by atoms with van der Waals surface area (Å²) in [6.45, 7) is 0. The summed E-state index contributed by atoms with van der Waals surface area (Å²) in [7, 11) is -9.88. The van der Waals surface area contributed by atoms with Gasteiger partial charge in [-0.15, -0.1) is 0 Å². The van der Waals surface area contributed by atoms with E-state index in [4.69, 9.17) is 19.6 Å². The summed E-state index contributed by atoms with van der Waals surface area (Å²) in [4.78, 5) is 47.3. The maximum atomic E-state index is 11.2. The van der Waals surface area contributed by atoms with Gasteiger partial charge in [-0.05, 0) is 24.1 Å². The molecule has 0 atom stereocenters. The number of halogens is 1. The van der Waals surface area contributed by atoms with Crippen LogP contribution in [-0.4, -0.2) is 36.2 Å². The van der Waals surface area contributed by atoms with E-state index in [1.807, 2.05) is 0 Å². The van der Waals surface area contributed by atoms with Crippen molar-refractivity contribution in [3.63, 3.8) is 0 Å². The van der Waals surface area contributed by atoms with Gasteiger partial charge in [0.15, 0.2) is 5.40 Å². The second-order valence-electron chi connectivity index (χ2n) is 4.24. The number of carbonyl (C=O) groups is 1. The Hall–Kier alpha value is -0.530. The van der Waals surface area contributed by atoms with Crippen LogP contribution in [0, 0.1) is 0 Å². The van der Waals surface area contributed by atoms with Gasteiger partial charge in [0.1, 0.15) is 0 Å². The van der Waals surface area contributed by atoms with Crippen molar-refractivity contribution in [2.75, 3.05) is 10.6 Å². The van der Waals surface area contributed by atoms with Gasteiger partial charge in [0, 0.05) is 5.69 Å². The average Bonchev–Trinajstić information content (AvgIpc) is 2.34. The van der Waals surface area contributed by atoms with Gasteiger partial charge in [0.05, 0.1) is 5.33 Å². The fourth-order valence-corrected chi connectivity index (χ4v) is 4.17. The number of benzene rings is 1. The Kier molecular flexibility index (Phi) is 6.31. The largest absolute Gasteiger partial charge is 0.341 e. The van der Waals surface area contributed by atoms with Crippen LogP contribution in [0.15, 0.2) is 24.3 Å². The van der Waals surface area contributed by atoms with E-state index in [2.05, 4.69) is 21.2 Å². The minimum Gasteiger partial charge on any atom is -0.325 e. The summed E-state index contributed by atoms with van der Waals surface area (Å²) in [5, 5.41) is 0.582. The molecule has 1 amide bonds. The lowest BCUT2D eigenvalue weighted by molar-refractivity contribution is -0.113. The first-order chi connectivity index (χ1) is 9.54. The van der Waals surface area contributed by atoms with Crippen LogP contribution in [0.5, 0.6) is 0 Å². The summed E-state index contributed by atoms with van der Waals surface area (Å²) >= 11 is 2.98. The van der Waals surface area contributed by atoms with Crippen LogP contribution in [0.25, 0.3) is 0 Å². The van der Waals surface area contributed by atoms with Crippen molar-refractivity contribution in [1.29, 1.82) is 0 Å². The average molecular weight is 402 g/mol. The lowest BCUT2D eigenvalue weighted by Gasteiger charge is -2.19. The number of anilines is 1. The number of hydrogen-bond donors (Lipinski definition) is 5. The fraction of sp³-hybridized carbons (Fsp3) is 0.300. The second-order valence-corrected chi connectivity index (χ2v) is 8.81. The monoisotopic (exact) mass is 401 g/mol. The molecule has 0 bridgehead atoms. The summed E-state index contributed by atoms with van der Waals surface area (Å²) in [5.41, 5.74) is 0.801. The molecule has 1 rings (SSSR count). The molecule has 5 N–H and O–H groups in total. The lowest BCUT2D eigenvalue weighted by atomic mass is 10.1. The smallest absolute Gasteiger partial charge is 0.325 e. The fourth-order valence-electron chi connectivity index (χ4n) is 1.56.